The fourth-order valence-corrected chi connectivity index (χ4v) is 4.26. The molecule has 0 bridgehead atoms. The highest BCUT2D eigenvalue weighted by Crippen LogP contribution is 2.31. The summed E-state index contributed by atoms with van der Waals surface area (Å²) in [4.78, 5) is 31.2. The molecule has 2 aliphatic rings. The Bertz CT molecular complexity index is 823. The van der Waals surface area contributed by atoms with Crippen LogP contribution in [0.2, 0.25) is 0 Å². The number of amides is 2. The van der Waals surface area contributed by atoms with E-state index in [2.05, 4.69) is 25.6 Å². The molecule has 2 amide bonds. The van der Waals surface area contributed by atoms with Crippen molar-refractivity contribution in [2.45, 2.75) is 44.6 Å². The molecule has 8 heteroatoms. The predicted molar refractivity (Wildman–Crippen MR) is 110 cm³/mol. The Balaban J connectivity index is 1.23. The lowest BCUT2D eigenvalue weighted by Gasteiger charge is -2.30. The summed E-state index contributed by atoms with van der Waals surface area (Å²) in [6.45, 7) is 1.80. The van der Waals surface area contributed by atoms with Crippen molar-refractivity contribution >= 4 is 23.5 Å². The van der Waals surface area contributed by atoms with E-state index in [1.165, 1.54) is 12.8 Å². The van der Waals surface area contributed by atoms with Crippen molar-refractivity contribution in [3.8, 4) is 0 Å². The molecule has 0 atom stereocenters. The molecule has 2 aromatic rings. The first-order chi connectivity index (χ1) is 14.2. The molecular formula is C21H28N6O2. The van der Waals surface area contributed by atoms with E-state index in [1.54, 1.807) is 18.5 Å². The number of pyridine rings is 1. The molecule has 0 radical (unpaired) electrons. The minimum Gasteiger partial charge on any atom is -0.310 e. The van der Waals surface area contributed by atoms with E-state index in [4.69, 9.17) is 0 Å². The molecule has 0 aromatic carbocycles. The van der Waals surface area contributed by atoms with Crippen LogP contribution in [0.15, 0.2) is 36.7 Å². The zero-order chi connectivity index (χ0) is 20.1. The topological polar surface area (TPSA) is 92.2 Å². The average Bonchev–Trinajstić information content (AvgIpc) is 3.41. The minimum atomic E-state index is -0.0416. The number of likely N-dealkylation sites (tertiary alicyclic amines) is 1. The van der Waals surface area contributed by atoms with E-state index in [-0.39, 0.29) is 17.7 Å². The quantitative estimate of drug-likeness (QED) is 0.783. The zero-order valence-corrected chi connectivity index (χ0v) is 16.6. The fraction of sp³-hybridized carbons (Fsp3) is 0.524. The number of rotatable bonds is 6. The molecule has 1 saturated heterocycles. The molecule has 2 fully saturated rings. The third-order valence-corrected chi connectivity index (χ3v) is 5.85. The van der Waals surface area contributed by atoms with Crippen LogP contribution in [0.3, 0.4) is 0 Å². The molecule has 29 heavy (non-hydrogen) atoms. The Morgan fingerprint density at radius 3 is 2.52 bits per heavy atom. The van der Waals surface area contributed by atoms with Gasteiger partial charge in [-0.1, -0.05) is 18.9 Å². The lowest BCUT2D eigenvalue weighted by atomic mass is 9.96. The molecule has 0 unspecified atom stereocenters. The van der Waals surface area contributed by atoms with Crippen molar-refractivity contribution in [2.75, 3.05) is 30.3 Å². The van der Waals surface area contributed by atoms with Crippen LogP contribution in [0.5, 0.6) is 0 Å². The standard InChI is InChI=1S/C21H28N6O2/c28-20(25-19-8-12-23-27(19)17-5-1-2-6-17)15-26-13-9-16(10-14-26)21(29)24-18-7-3-4-11-22-18/h3-4,7-8,11-12,16-17H,1-2,5-6,9-10,13-15H2,(H,25,28)(H,22,24,29). The number of piperidine rings is 1. The largest absolute Gasteiger partial charge is 0.310 e. The zero-order valence-electron chi connectivity index (χ0n) is 16.6. The summed E-state index contributed by atoms with van der Waals surface area (Å²) < 4.78 is 1.96. The van der Waals surface area contributed by atoms with Gasteiger partial charge in [-0.25, -0.2) is 9.67 Å². The fourth-order valence-electron chi connectivity index (χ4n) is 4.26. The Morgan fingerprint density at radius 1 is 1.00 bits per heavy atom. The van der Waals surface area contributed by atoms with E-state index in [9.17, 15) is 9.59 Å². The molecule has 0 spiro atoms. The van der Waals surface area contributed by atoms with Crippen LogP contribution in [0.25, 0.3) is 0 Å². The third-order valence-electron chi connectivity index (χ3n) is 5.85. The van der Waals surface area contributed by atoms with Crippen molar-refractivity contribution in [1.82, 2.24) is 19.7 Å². The number of hydrogen-bond acceptors (Lipinski definition) is 5. The van der Waals surface area contributed by atoms with Crippen molar-refractivity contribution in [1.29, 1.82) is 0 Å². The molecule has 2 N–H and O–H groups in total. The number of hydrogen-bond donors (Lipinski definition) is 2. The van der Waals surface area contributed by atoms with Crippen LogP contribution >= 0.6 is 0 Å². The Kier molecular flexibility index (Phi) is 6.19. The van der Waals surface area contributed by atoms with Crippen LogP contribution in [-0.2, 0) is 9.59 Å². The summed E-state index contributed by atoms with van der Waals surface area (Å²) in [6, 6.07) is 7.72. The van der Waals surface area contributed by atoms with Crippen LogP contribution in [0.1, 0.15) is 44.6 Å². The van der Waals surface area contributed by atoms with Crippen LogP contribution in [-0.4, -0.2) is 51.1 Å². The van der Waals surface area contributed by atoms with Gasteiger partial charge in [0.2, 0.25) is 11.8 Å². The maximum atomic E-state index is 12.5. The highest BCUT2D eigenvalue weighted by atomic mass is 16.2. The first-order valence-corrected chi connectivity index (χ1v) is 10.5. The van der Waals surface area contributed by atoms with E-state index in [0.717, 1.165) is 44.6 Å². The third kappa shape index (κ3) is 5.00. The summed E-state index contributed by atoms with van der Waals surface area (Å²) in [5.41, 5.74) is 0. The van der Waals surface area contributed by atoms with Gasteiger partial charge in [-0.05, 0) is 50.9 Å². The first kappa shape index (κ1) is 19.6. The van der Waals surface area contributed by atoms with E-state index in [0.29, 0.717) is 18.4 Å². The van der Waals surface area contributed by atoms with E-state index >= 15 is 0 Å². The van der Waals surface area contributed by atoms with Crippen molar-refractivity contribution < 1.29 is 9.59 Å². The number of nitrogens with one attached hydrogen (secondary N) is 2. The SMILES string of the molecule is O=C(CN1CCC(C(=O)Nc2ccccn2)CC1)Nc1ccnn1C1CCCC1. The molecular weight excluding hydrogens is 368 g/mol. The Hall–Kier alpha value is -2.74. The molecule has 1 aliphatic carbocycles. The summed E-state index contributed by atoms with van der Waals surface area (Å²) >= 11 is 0. The summed E-state index contributed by atoms with van der Waals surface area (Å²) in [5, 5.41) is 10.3. The molecule has 3 heterocycles. The second-order valence-corrected chi connectivity index (χ2v) is 7.90. The second kappa shape index (κ2) is 9.17. The van der Waals surface area contributed by atoms with Gasteiger partial charge in [0.05, 0.1) is 18.8 Å². The van der Waals surface area contributed by atoms with E-state index in [1.807, 2.05) is 22.9 Å². The second-order valence-electron chi connectivity index (χ2n) is 7.90. The highest BCUT2D eigenvalue weighted by molar-refractivity contribution is 5.92. The van der Waals surface area contributed by atoms with Gasteiger partial charge in [0.15, 0.2) is 0 Å². The van der Waals surface area contributed by atoms with Crippen molar-refractivity contribution in [3.05, 3.63) is 36.7 Å². The first-order valence-electron chi connectivity index (χ1n) is 10.5. The van der Waals surface area contributed by atoms with Crippen LogP contribution < -0.4 is 10.6 Å². The number of carbonyl (C=O) groups excluding carboxylic acids is 2. The summed E-state index contributed by atoms with van der Waals surface area (Å²) in [7, 11) is 0. The number of aromatic nitrogens is 3. The monoisotopic (exact) mass is 396 g/mol. The summed E-state index contributed by atoms with van der Waals surface area (Å²) in [6.07, 6.45) is 9.59. The number of anilines is 2. The van der Waals surface area contributed by atoms with Crippen molar-refractivity contribution in [2.24, 2.45) is 5.92 Å². The van der Waals surface area contributed by atoms with Gasteiger partial charge in [-0.15, -0.1) is 0 Å². The van der Waals surface area contributed by atoms with Gasteiger partial charge in [-0.3, -0.25) is 14.5 Å². The van der Waals surface area contributed by atoms with Crippen LogP contribution in [0.4, 0.5) is 11.6 Å². The lowest BCUT2D eigenvalue weighted by molar-refractivity contribution is -0.121. The molecule has 1 saturated carbocycles. The van der Waals surface area contributed by atoms with Gasteiger partial charge in [0, 0.05) is 18.2 Å². The molecule has 8 nitrogen and oxygen atoms in total. The van der Waals surface area contributed by atoms with Crippen molar-refractivity contribution in [3.63, 3.8) is 0 Å². The molecule has 4 rings (SSSR count). The Labute approximate surface area is 170 Å². The average molecular weight is 396 g/mol. The molecule has 154 valence electrons. The van der Waals surface area contributed by atoms with E-state index < -0.39 is 0 Å². The number of nitrogens with zero attached hydrogens (tertiary/aromatic N) is 4. The number of carbonyl (C=O) groups is 2. The maximum absolute atomic E-state index is 12.5. The summed E-state index contributed by atoms with van der Waals surface area (Å²) in [5.74, 6) is 1.30. The smallest absolute Gasteiger partial charge is 0.239 e. The minimum absolute atomic E-state index is 0.00765. The van der Waals surface area contributed by atoms with Gasteiger partial charge < -0.3 is 10.6 Å². The molecule has 2 aromatic heterocycles. The lowest BCUT2D eigenvalue weighted by Crippen LogP contribution is -2.42. The van der Waals surface area contributed by atoms with Gasteiger partial charge in [0.25, 0.3) is 0 Å². The predicted octanol–water partition coefficient (Wildman–Crippen LogP) is 2.68. The van der Waals surface area contributed by atoms with Gasteiger partial charge in [-0.2, -0.15) is 5.10 Å². The van der Waals surface area contributed by atoms with Gasteiger partial charge >= 0.3 is 0 Å². The maximum Gasteiger partial charge on any atom is 0.239 e. The molecule has 1 aliphatic heterocycles. The Morgan fingerprint density at radius 2 is 1.79 bits per heavy atom. The normalized spacial score (nSPS) is 18.6. The van der Waals surface area contributed by atoms with Gasteiger partial charge in [0.1, 0.15) is 11.6 Å². The van der Waals surface area contributed by atoms with Crippen LogP contribution in [0, 0.1) is 5.92 Å². The highest BCUT2D eigenvalue weighted by Gasteiger charge is 2.27.